The van der Waals surface area contributed by atoms with Crippen molar-refractivity contribution in [3.8, 4) is 0 Å². The Labute approximate surface area is 170 Å². The summed E-state index contributed by atoms with van der Waals surface area (Å²) < 4.78 is 31.7. The zero-order chi connectivity index (χ0) is 21.4. The van der Waals surface area contributed by atoms with Crippen molar-refractivity contribution in [2.75, 3.05) is 32.8 Å². The number of nitrogens with zero attached hydrogens (tertiary/aromatic N) is 2. The Morgan fingerprint density at radius 3 is 2.21 bits per heavy atom. The normalized spacial score (nSPS) is 15.7. The number of carbonyl (C=O) groups is 3. The predicted octanol–water partition coefficient (Wildman–Crippen LogP) is 1.40. The van der Waals surface area contributed by atoms with Crippen molar-refractivity contribution < 1.29 is 27.5 Å². The second-order valence-electron chi connectivity index (χ2n) is 6.36. The highest BCUT2D eigenvalue weighted by Crippen LogP contribution is 2.18. The van der Waals surface area contributed by atoms with Crippen LogP contribution in [0.2, 0.25) is 0 Å². The zero-order valence-electron chi connectivity index (χ0n) is 16.4. The SMILES string of the molecule is C/C=C/C=C/C(=O)OCC(=O)N1CCN(S(=O)(=O)c2ccc(C(C)=O)cc2)CC1. The molecule has 0 bridgehead atoms. The maximum atomic E-state index is 12.7. The fourth-order valence-corrected chi connectivity index (χ4v) is 4.13. The van der Waals surface area contributed by atoms with Gasteiger partial charge in [-0.3, -0.25) is 9.59 Å². The molecule has 0 N–H and O–H groups in total. The number of rotatable bonds is 7. The third kappa shape index (κ3) is 6.10. The number of Topliss-reactive ketones (excluding diaryl/α,β-unsaturated/α-hetero) is 1. The van der Waals surface area contributed by atoms with Crippen molar-refractivity contribution in [1.82, 2.24) is 9.21 Å². The summed E-state index contributed by atoms with van der Waals surface area (Å²) in [7, 11) is -3.71. The van der Waals surface area contributed by atoms with E-state index in [0.717, 1.165) is 0 Å². The number of esters is 1. The summed E-state index contributed by atoms with van der Waals surface area (Å²) in [4.78, 5) is 36.6. The van der Waals surface area contributed by atoms with Gasteiger partial charge in [-0.2, -0.15) is 4.31 Å². The topological polar surface area (TPSA) is 101 Å². The number of sulfonamides is 1. The summed E-state index contributed by atoms with van der Waals surface area (Å²) in [5.74, 6) is -1.13. The van der Waals surface area contributed by atoms with Crippen LogP contribution in [0.5, 0.6) is 0 Å². The van der Waals surface area contributed by atoms with E-state index in [1.165, 1.54) is 52.5 Å². The first-order valence-electron chi connectivity index (χ1n) is 9.10. The summed E-state index contributed by atoms with van der Waals surface area (Å²) in [6.45, 7) is 3.51. The molecule has 0 aromatic heterocycles. The second-order valence-corrected chi connectivity index (χ2v) is 8.30. The number of ether oxygens (including phenoxy) is 1. The molecule has 8 nitrogen and oxygen atoms in total. The highest BCUT2D eigenvalue weighted by atomic mass is 32.2. The van der Waals surface area contributed by atoms with Crippen LogP contribution in [0.3, 0.4) is 0 Å². The molecule has 1 aliphatic rings. The number of ketones is 1. The van der Waals surface area contributed by atoms with Crippen molar-refractivity contribution in [3.63, 3.8) is 0 Å². The van der Waals surface area contributed by atoms with Gasteiger partial charge in [0.25, 0.3) is 5.91 Å². The van der Waals surface area contributed by atoms with Crippen molar-refractivity contribution in [2.45, 2.75) is 18.7 Å². The molecule has 1 aromatic rings. The lowest BCUT2D eigenvalue weighted by molar-refractivity contribution is -0.148. The largest absolute Gasteiger partial charge is 0.452 e. The average molecular weight is 420 g/mol. The molecule has 1 aromatic carbocycles. The van der Waals surface area contributed by atoms with E-state index < -0.39 is 22.6 Å². The maximum absolute atomic E-state index is 12.7. The molecule has 9 heteroatoms. The van der Waals surface area contributed by atoms with Gasteiger partial charge in [-0.15, -0.1) is 0 Å². The minimum atomic E-state index is -3.71. The predicted molar refractivity (Wildman–Crippen MR) is 107 cm³/mol. The minimum Gasteiger partial charge on any atom is -0.452 e. The van der Waals surface area contributed by atoms with Crippen LogP contribution in [0.15, 0.2) is 53.5 Å². The molecule has 1 fully saturated rings. The highest BCUT2D eigenvalue weighted by molar-refractivity contribution is 7.89. The Balaban J connectivity index is 1.89. The lowest BCUT2D eigenvalue weighted by Crippen LogP contribution is -2.51. The van der Waals surface area contributed by atoms with Crippen LogP contribution in [0.1, 0.15) is 24.2 Å². The lowest BCUT2D eigenvalue weighted by Gasteiger charge is -2.33. The summed E-state index contributed by atoms with van der Waals surface area (Å²) in [5.41, 5.74) is 0.439. The first kappa shape index (κ1) is 22.5. The van der Waals surface area contributed by atoms with Gasteiger partial charge in [0.15, 0.2) is 12.4 Å². The van der Waals surface area contributed by atoms with Crippen LogP contribution in [0.4, 0.5) is 0 Å². The molecule has 0 spiro atoms. The minimum absolute atomic E-state index is 0.101. The van der Waals surface area contributed by atoms with E-state index in [-0.39, 0.29) is 42.8 Å². The van der Waals surface area contributed by atoms with Crippen molar-refractivity contribution in [1.29, 1.82) is 0 Å². The number of hydrogen-bond acceptors (Lipinski definition) is 6. The average Bonchev–Trinajstić information content (AvgIpc) is 2.72. The number of hydrogen-bond donors (Lipinski definition) is 0. The third-order valence-electron chi connectivity index (χ3n) is 4.36. The molecule has 0 aliphatic carbocycles. The van der Waals surface area contributed by atoms with Gasteiger partial charge in [0.05, 0.1) is 4.90 Å². The van der Waals surface area contributed by atoms with Gasteiger partial charge in [0.2, 0.25) is 10.0 Å². The molecule has 29 heavy (non-hydrogen) atoms. The molecule has 0 unspecified atom stereocenters. The maximum Gasteiger partial charge on any atom is 0.331 e. The van der Waals surface area contributed by atoms with Crippen molar-refractivity contribution in [2.24, 2.45) is 0 Å². The van der Waals surface area contributed by atoms with Crippen LogP contribution in [-0.2, 0) is 24.3 Å². The van der Waals surface area contributed by atoms with E-state index in [0.29, 0.717) is 5.56 Å². The molecule has 156 valence electrons. The zero-order valence-corrected chi connectivity index (χ0v) is 17.2. The first-order chi connectivity index (χ1) is 13.8. The van der Waals surface area contributed by atoms with Crippen molar-refractivity contribution in [3.05, 3.63) is 54.1 Å². The fourth-order valence-electron chi connectivity index (χ4n) is 2.71. The Hall–Kier alpha value is -2.78. The Kier molecular flexibility index (Phi) is 7.86. The Morgan fingerprint density at radius 2 is 1.66 bits per heavy atom. The van der Waals surface area contributed by atoms with E-state index in [4.69, 9.17) is 4.74 Å². The number of amides is 1. The van der Waals surface area contributed by atoms with E-state index in [1.54, 1.807) is 19.1 Å². The number of piperazine rings is 1. The van der Waals surface area contributed by atoms with Crippen LogP contribution in [0.25, 0.3) is 0 Å². The molecule has 1 saturated heterocycles. The van der Waals surface area contributed by atoms with E-state index in [9.17, 15) is 22.8 Å². The van der Waals surface area contributed by atoms with E-state index >= 15 is 0 Å². The molecule has 0 radical (unpaired) electrons. The number of allylic oxidation sites excluding steroid dienone is 3. The van der Waals surface area contributed by atoms with Gasteiger partial charge >= 0.3 is 5.97 Å². The standard InChI is InChI=1S/C20H24N2O6S/c1-3-4-5-6-20(25)28-15-19(24)21-11-13-22(14-12-21)29(26,27)18-9-7-17(8-10-18)16(2)23/h3-10H,11-15H2,1-2H3/b4-3+,6-5+. The molecule has 1 aliphatic heterocycles. The van der Waals surface area contributed by atoms with Crippen LogP contribution >= 0.6 is 0 Å². The Morgan fingerprint density at radius 1 is 1.03 bits per heavy atom. The summed E-state index contributed by atoms with van der Waals surface area (Å²) >= 11 is 0. The van der Waals surface area contributed by atoms with E-state index in [2.05, 4.69) is 0 Å². The molecule has 0 saturated carbocycles. The Bertz CT molecular complexity index is 911. The smallest absolute Gasteiger partial charge is 0.331 e. The van der Waals surface area contributed by atoms with Gasteiger partial charge in [-0.05, 0) is 26.0 Å². The van der Waals surface area contributed by atoms with Gasteiger partial charge in [-0.25, -0.2) is 13.2 Å². The van der Waals surface area contributed by atoms with Crippen LogP contribution in [-0.4, -0.2) is 68.1 Å². The quantitative estimate of drug-likeness (QED) is 0.286. The van der Waals surface area contributed by atoms with Crippen LogP contribution < -0.4 is 0 Å². The molecule has 2 rings (SSSR count). The number of carbonyl (C=O) groups excluding carboxylic acids is 3. The monoisotopic (exact) mass is 420 g/mol. The van der Waals surface area contributed by atoms with Gasteiger partial charge in [-0.1, -0.05) is 30.4 Å². The summed E-state index contributed by atoms with van der Waals surface area (Å²) in [6, 6.07) is 5.77. The molecular weight excluding hydrogens is 396 g/mol. The van der Waals surface area contributed by atoms with Gasteiger partial charge in [0.1, 0.15) is 0 Å². The van der Waals surface area contributed by atoms with Crippen LogP contribution in [0, 0.1) is 0 Å². The summed E-state index contributed by atoms with van der Waals surface area (Å²) in [6.07, 6.45) is 6.14. The highest BCUT2D eigenvalue weighted by Gasteiger charge is 2.30. The van der Waals surface area contributed by atoms with E-state index in [1.807, 2.05) is 0 Å². The fraction of sp³-hybridized carbons (Fsp3) is 0.350. The molecule has 1 amide bonds. The number of benzene rings is 1. The van der Waals surface area contributed by atoms with Crippen molar-refractivity contribution >= 4 is 27.7 Å². The lowest BCUT2D eigenvalue weighted by atomic mass is 10.2. The third-order valence-corrected chi connectivity index (χ3v) is 6.28. The van der Waals surface area contributed by atoms with Gasteiger partial charge < -0.3 is 9.64 Å². The summed E-state index contributed by atoms with van der Waals surface area (Å²) in [5, 5.41) is 0. The van der Waals surface area contributed by atoms with Gasteiger partial charge in [0, 0.05) is 37.8 Å². The molecular formula is C20H24N2O6S. The molecule has 1 heterocycles. The second kappa shape index (κ2) is 10.1. The molecule has 0 atom stereocenters. The first-order valence-corrected chi connectivity index (χ1v) is 10.5.